The van der Waals surface area contributed by atoms with Crippen molar-refractivity contribution in [3.8, 4) is 11.4 Å². The Morgan fingerprint density at radius 1 is 1.22 bits per heavy atom. The molecule has 140 valence electrons. The highest BCUT2D eigenvalue weighted by Gasteiger charge is 2.38. The van der Waals surface area contributed by atoms with Crippen molar-refractivity contribution < 1.29 is 17.7 Å². The number of hydrogen-bond acceptors (Lipinski definition) is 6. The van der Waals surface area contributed by atoms with Gasteiger partial charge in [-0.1, -0.05) is 29.4 Å². The van der Waals surface area contributed by atoms with Crippen LogP contribution in [0.1, 0.15) is 22.7 Å². The van der Waals surface area contributed by atoms with Crippen LogP contribution in [-0.2, 0) is 25.7 Å². The van der Waals surface area contributed by atoms with Gasteiger partial charge in [-0.25, -0.2) is 4.98 Å². The molecule has 1 aromatic carbocycles. The summed E-state index contributed by atoms with van der Waals surface area (Å²) in [5, 5.41) is 6.52. The Hall–Kier alpha value is -3.01. The Morgan fingerprint density at radius 2 is 2.00 bits per heavy atom. The molecule has 3 aromatic rings. The van der Waals surface area contributed by atoms with Crippen LogP contribution in [0.3, 0.4) is 0 Å². The van der Waals surface area contributed by atoms with E-state index in [0.717, 1.165) is 23.4 Å². The summed E-state index contributed by atoms with van der Waals surface area (Å²) >= 11 is 0. The van der Waals surface area contributed by atoms with Crippen LogP contribution in [-0.4, -0.2) is 26.2 Å². The maximum absolute atomic E-state index is 12.6. The molecule has 0 amide bonds. The van der Waals surface area contributed by atoms with Crippen molar-refractivity contribution in [1.29, 1.82) is 0 Å². The molecule has 4 rings (SSSR count). The molecular weight excluding hydrogens is 363 g/mol. The van der Waals surface area contributed by atoms with Crippen molar-refractivity contribution in [1.82, 2.24) is 25.0 Å². The van der Waals surface area contributed by atoms with Gasteiger partial charge in [0.1, 0.15) is 0 Å². The predicted octanol–water partition coefficient (Wildman–Crippen LogP) is 2.01. The average Bonchev–Trinajstić information content (AvgIpc) is 3.15. The standard InChI is InChI=1S/C17H14F3N5O2/c18-17(19,20)16-23-14(24-27-16)11-3-1-10(2-4-11)8-25-9-22-13-7-21-6-5-12(13)15(25)26/h1-4,9,21H,5-8H2. The Bertz CT molecular complexity index is 1020. The lowest BCUT2D eigenvalue weighted by Gasteiger charge is -2.16. The summed E-state index contributed by atoms with van der Waals surface area (Å²) in [7, 11) is 0. The van der Waals surface area contributed by atoms with Crippen molar-refractivity contribution in [3.05, 3.63) is 63.7 Å². The second-order valence-corrected chi connectivity index (χ2v) is 6.15. The van der Waals surface area contributed by atoms with Crippen molar-refractivity contribution in [2.75, 3.05) is 6.54 Å². The number of aromatic nitrogens is 4. The van der Waals surface area contributed by atoms with Crippen LogP contribution in [0.25, 0.3) is 11.4 Å². The lowest BCUT2D eigenvalue weighted by Crippen LogP contribution is -2.34. The van der Waals surface area contributed by atoms with Crippen molar-refractivity contribution >= 4 is 0 Å². The first-order valence-electron chi connectivity index (χ1n) is 8.20. The second-order valence-electron chi connectivity index (χ2n) is 6.15. The van der Waals surface area contributed by atoms with E-state index in [1.807, 2.05) is 0 Å². The number of fused-ring (bicyclic) bond motifs is 1. The molecular formula is C17H14F3N5O2. The zero-order valence-electron chi connectivity index (χ0n) is 14.0. The van der Waals surface area contributed by atoms with Gasteiger partial charge >= 0.3 is 12.1 Å². The fourth-order valence-corrected chi connectivity index (χ4v) is 2.91. The molecule has 27 heavy (non-hydrogen) atoms. The van der Waals surface area contributed by atoms with Crippen LogP contribution in [0.4, 0.5) is 13.2 Å². The first-order chi connectivity index (χ1) is 12.9. The Morgan fingerprint density at radius 3 is 2.70 bits per heavy atom. The molecule has 3 heterocycles. The summed E-state index contributed by atoms with van der Waals surface area (Å²) in [6.07, 6.45) is -2.53. The summed E-state index contributed by atoms with van der Waals surface area (Å²) in [4.78, 5) is 20.2. The molecule has 10 heteroatoms. The zero-order chi connectivity index (χ0) is 19.0. The van der Waals surface area contributed by atoms with Crippen LogP contribution in [0.15, 0.2) is 39.9 Å². The van der Waals surface area contributed by atoms with Gasteiger partial charge in [0.25, 0.3) is 5.56 Å². The fourth-order valence-electron chi connectivity index (χ4n) is 2.91. The van der Waals surface area contributed by atoms with E-state index in [1.54, 1.807) is 24.3 Å². The molecule has 1 aliphatic rings. The first kappa shape index (κ1) is 17.4. The third-order valence-corrected chi connectivity index (χ3v) is 4.30. The third kappa shape index (κ3) is 3.47. The molecule has 0 saturated heterocycles. The molecule has 2 aromatic heterocycles. The van der Waals surface area contributed by atoms with Crippen molar-refractivity contribution in [2.45, 2.75) is 25.7 Å². The minimum absolute atomic E-state index is 0.0708. The van der Waals surface area contributed by atoms with Crippen LogP contribution in [0, 0.1) is 0 Å². The molecule has 0 fully saturated rings. The zero-order valence-corrected chi connectivity index (χ0v) is 14.0. The van der Waals surface area contributed by atoms with Gasteiger partial charge in [-0.15, -0.1) is 0 Å². The summed E-state index contributed by atoms with van der Waals surface area (Å²) in [6, 6.07) is 6.57. The SMILES string of the molecule is O=c1c2c(ncn1Cc1ccc(-c3noc(C(F)(F)F)n3)cc1)CNCC2. The minimum Gasteiger partial charge on any atom is -0.329 e. The second kappa shape index (κ2) is 6.62. The number of hydrogen-bond donors (Lipinski definition) is 1. The maximum atomic E-state index is 12.6. The average molecular weight is 377 g/mol. The molecule has 0 unspecified atom stereocenters. The number of alkyl halides is 3. The molecule has 0 saturated carbocycles. The Labute approximate surface area is 150 Å². The third-order valence-electron chi connectivity index (χ3n) is 4.30. The van der Waals surface area contributed by atoms with E-state index in [-0.39, 0.29) is 11.4 Å². The van der Waals surface area contributed by atoms with E-state index in [0.29, 0.717) is 25.1 Å². The van der Waals surface area contributed by atoms with E-state index in [1.165, 1.54) is 10.9 Å². The van der Waals surface area contributed by atoms with E-state index in [2.05, 4.69) is 25.0 Å². The fraction of sp³-hybridized carbons (Fsp3) is 0.294. The van der Waals surface area contributed by atoms with Crippen LogP contribution >= 0.6 is 0 Å². The first-order valence-corrected chi connectivity index (χ1v) is 8.20. The number of rotatable bonds is 3. The normalized spacial score (nSPS) is 14.2. The molecule has 0 aliphatic carbocycles. The van der Waals surface area contributed by atoms with E-state index in [9.17, 15) is 18.0 Å². The molecule has 0 bridgehead atoms. The van der Waals surface area contributed by atoms with Gasteiger partial charge in [0.15, 0.2) is 0 Å². The topological polar surface area (TPSA) is 85.8 Å². The van der Waals surface area contributed by atoms with Crippen molar-refractivity contribution in [3.63, 3.8) is 0 Å². The predicted molar refractivity (Wildman–Crippen MR) is 87.7 cm³/mol. The van der Waals surface area contributed by atoms with E-state index in [4.69, 9.17) is 0 Å². The van der Waals surface area contributed by atoms with Gasteiger partial charge in [0, 0.05) is 17.7 Å². The molecule has 1 N–H and O–H groups in total. The van der Waals surface area contributed by atoms with Gasteiger partial charge in [0.2, 0.25) is 5.82 Å². The van der Waals surface area contributed by atoms with Gasteiger partial charge in [-0.3, -0.25) is 9.36 Å². The number of nitrogens with one attached hydrogen (secondary N) is 1. The largest absolute Gasteiger partial charge is 0.471 e. The van der Waals surface area contributed by atoms with Crippen LogP contribution in [0.5, 0.6) is 0 Å². The van der Waals surface area contributed by atoms with Gasteiger partial charge in [-0.05, 0) is 18.5 Å². The summed E-state index contributed by atoms with van der Waals surface area (Å²) in [5.74, 6) is -1.53. The Balaban J connectivity index is 1.55. The highest BCUT2D eigenvalue weighted by molar-refractivity contribution is 5.54. The highest BCUT2D eigenvalue weighted by Crippen LogP contribution is 2.29. The number of nitrogens with zero attached hydrogens (tertiary/aromatic N) is 4. The van der Waals surface area contributed by atoms with Gasteiger partial charge < -0.3 is 9.84 Å². The smallest absolute Gasteiger partial charge is 0.329 e. The highest BCUT2D eigenvalue weighted by atomic mass is 19.4. The number of halogens is 3. The lowest BCUT2D eigenvalue weighted by atomic mass is 10.1. The van der Waals surface area contributed by atoms with Crippen LogP contribution < -0.4 is 10.9 Å². The van der Waals surface area contributed by atoms with E-state index >= 15 is 0 Å². The number of benzene rings is 1. The lowest BCUT2D eigenvalue weighted by molar-refractivity contribution is -0.159. The van der Waals surface area contributed by atoms with Crippen molar-refractivity contribution in [2.24, 2.45) is 0 Å². The monoisotopic (exact) mass is 377 g/mol. The van der Waals surface area contributed by atoms with Gasteiger partial charge in [0.05, 0.1) is 18.6 Å². The maximum Gasteiger partial charge on any atom is 0.471 e. The molecule has 0 radical (unpaired) electrons. The molecule has 0 spiro atoms. The van der Waals surface area contributed by atoms with Gasteiger partial charge in [-0.2, -0.15) is 18.2 Å². The summed E-state index contributed by atoms with van der Waals surface area (Å²) in [6.45, 7) is 1.64. The molecule has 0 atom stereocenters. The molecule has 1 aliphatic heterocycles. The summed E-state index contributed by atoms with van der Waals surface area (Å²) in [5.41, 5.74) is 2.62. The van der Waals surface area contributed by atoms with Crippen LogP contribution in [0.2, 0.25) is 0 Å². The molecule has 7 nitrogen and oxygen atoms in total. The Kier molecular flexibility index (Phi) is 4.27. The summed E-state index contributed by atoms with van der Waals surface area (Å²) < 4.78 is 43.4. The quantitative estimate of drug-likeness (QED) is 0.752. The van der Waals surface area contributed by atoms with E-state index < -0.39 is 12.1 Å². The minimum atomic E-state index is -4.68.